The van der Waals surface area contributed by atoms with E-state index in [0.29, 0.717) is 18.9 Å². The summed E-state index contributed by atoms with van der Waals surface area (Å²) in [5, 5.41) is 6.66. The van der Waals surface area contributed by atoms with E-state index in [1.807, 2.05) is 41.8 Å². The van der Waals surface area contributed by atoms with E-state index in [4.69, 9.17) is 4.74 Å². The molecule has 0 aliphatic carbocycles. The van der Waals surface area contributed by atoms with E-state index in [2.05, 4.69) is 24.5 Å². The van der Waals surface area contributed by atoms with Crippen molar-refractivity contribution in [3.63, 3.8) is 0 Å². The molecule has 148 valence electrons. The number of ether oxygens (including phenoxy) is 1. The van der Waals surface area contributed by atoms with Gasteiger partial charge in [-0.05, 0) is 41.0 Å². The Balaban J connectivity index is 1.65. The van der Waals surface area contributed by atoms with Crippen molar-refractivity contribution < 1.29 is 19.1 Å². The summed E-state index contributed by atoms with van der Waals surface area (Å²) < 4.78 is 4.84. The van der Waals surface area contributed by atoms with Crippen LogP contribution in [0.5, 0.6) is 0 Å². The predicted molar refractivity (Wildman–Crippen MR) is 110 cm³/mol. The number of carbonyl (C=O) groups excluding carboxylic acids is 3. The summed E-state index contributed by atoms with van der Waals surface area (Å²) in [5.41, 5.74) is 2.07. The van der Waals surface area contributed by atoms with Crippen LogP contribution in [0.25, 0.3) is 6.08 Å². The maximum atomic E-state index is 11.7. The molecule has 0 saturated heterocycles. The molecule has 0 aliphatic heterocycles. The zero-order chi connectivity index (χ0) is 20.4. The number of amides is 3. The largest absolute Gasteiger partial charge is 0.452 e. The van der Waals surface area contributed by atoms with Gasteiger partial charge in [-0.3, -0.25) is 10.1 Å². The Morgan fingerprint density at radius 1 is 1.14 bits per heavy atom. The van der Waals surface area contributed by atoms with Gasteiger partial charge in [-0.2, -0.15) is 0 Å². The fourth-order valence-corrected chi connectivity index (χ4v) is 3.01. The highest BCUT2D eigenvalue weighted by molar-refractivity contribution is 7.09. The van der Waals surface area contributed by atoms with Gasteiger partial charge in [0, 0.05) is 17.5 Å². The standard InChI is InChI=1S/C21H24N2O4S/c1-15(2)17-8-5-16(6-9-17)7-10-20(25)27-14-19(24)23-21(26)22-12-11-18-4-3-13-28-18/h3-10,13,15H,11-12,14H2,1-2H3,(H2,22,23,24,26). The van der Waals surface area contributed by atoms with Crippen LogP contribution in [0, 0.1) is 0 Å². The Morgan fingerprint density at radius 3 is 2.54 bits per heavy atom. The molecule has 28 heavy (non-hydrogen) atoms. The summed E-state index contributed by atoms with van der Waals surface area (Å²) >= 11 is 1.60. The molecule has 0 saturated carbocycles. The van der Waals surface area contributed by atoms with Gasteiger partial charge in [0.1, 0.15) is 0 Å². The lowest BCUT2D eigenvalue weighted by Gasteiger charge is -2.06. The highest BCUT2D eigenvalue weighted by Gasteiger charge is 2.09. The van der Waals surface area contributed by atoms with E-state index in [0.717, 1.165) is 10.4 Å². The van der Waals surface area contributed by atoms with Crippen LogP contribution < -0.4 is 10.6 Å². The zero-order valence-corrected chi connectivity index (χ0v) is 16.8. The number of rotatable bonds is 8. The number of benzene rings is 1. The van der Waals surface area contributed by atoms with E-state index < -0.39 is 24.5 Å². The summed E-state index contributed by atoms with van der Waals surface area (Å²) in [5.74, 6) is -0.896. The molecule has 1 heterocycles. The maximum absolute atomic E-state index is 11.7. The molecule has 1 aromatic carbocycles. The number of nitrogens with one attached hydrogen (secondary N) is 2. The van der Waals surface area contributed by atoms with Crippen LogP contribution in [0.15, 0.2) is 47.9 Å². The Hall–Kier alpha value is -2.93. The topological polar surface area (TPSA) is 84.5 Å². The van der Waals surface area contributed by atoms with Gasteiger partial charge in [0.15, 0.2) is 6.61 Å². The van der Waals surface area contributed by atoms with Gasteiger partial charge in [0.2, 0.25) is 0 Å². The molecule has 7 heteroatoms. The minimum Gasteiger partial charge on any atom is -0.452 e. The van der Waals surface area contributed by atoms with Crippen LogP contribution in [-0.4, -0.2) is 31.1 Å². The molecular formula is C21H24N2O4S. The SMILES string of the molecule is CC(C)c1ccc(C=CC(=O)OCC(=O)NC(=O)NCCc2cccs2)cc1. The van der Waals surface area contributed by atoms with Crippen molar-refractivity contribution in [2.24, 2.45) is 0 Å². The summed E-state index contributed by atoms with van der Waals surface area (Å²) in [4.78, 5) is 36.1. The lowest BCUT2D eigenvalue weighted by molar-refractivity contribution is -0.143. The number of thiophene rings is 1. The Kier molecular flexibility index (Phi) is 8.42. The number of hydrogen-bond acceptors (Lipinski definition) is 5. The average Bonchev–Trinajstić information content (AvgIpc) is 3.18. The van der Waals surface area contributed by atoms with Gasteiger partial charge in [-0.1, -0.05) is 44.2 Å². The Labute approximate surface area is 168 Å². The first-order valence-corrected chi connectivity index (χ1v) is 9.87. The van der Waals surface area contributed by atoms with E-state index in [9.17, 15) is 14.4 Å². The summed E-state index contributed by atoms with van der Waals surface area (Å²) in [6, 6.07) is 11.1. The molecule has 0 bridgehead atoms. The first-order chi connectivity index (χ1) is 13.4. The van der Waals surface area contributed by atoms with Crippen molar-refractivity contribution in [3.05, 3.63) is 63.9 Å². The molecule has 0 radical (unpaired) electrons. The molecule has 2 N–H and O–H groups in total. The van der Waals surface area contributed by atoms with Crippen molar-refractivity contribution in [3.8, 4) is 0 Å². The molecule has 0 spiro atoms. The van der Waals surface area contributed by atoms with Gasteiger partial charge in [0.05, 0.1) is 0 Å². The maximum Gasteiger partial charge on any atom is 0.331 e. The average molecular weight is 401 g/mol. The molecule has 0 unspecified atom stereocenters. The first-order valence-electron chi connectivity index (χ1n) is 8.99. The third-order valence-electron chi connectivity index (χ3n) is 3.85. The van der Waals surface area contributed by atoms with E-state index >= 15 is 0 Å². The number of urea groups is 1. The van der Waals surface area contributed by atoms with Gasteiger partial charge in [0.25, 0.3) is 5.91 Å². The van der Waals surface area contributed by atoms with Crippen molar-refractivity contribution in [1.82, 2.24) is 10.6 Å². The zero-order valence-electron chi connectivity index (χ0n) is 15.9. The fraction of sp³-hybridized carbons (Fsp3) is 0.286. The summed E-state index contributed by atoms with van der Waals surface area (Å²) in [7, 11) is 0. The van der Waals surface area contributed by atoms with Crippen molar-refractivity contribution >= 4 is 35.3 Å². The van der Waals surface area contributed by atoms with Gasteiger partial charge in [-0.25, -0.2) is 9.59 Å². The molecule has 0 fully saturated rings. The van der Waals surface area contributed by atoms with Crippen LogP contribution in [0.1, 0.15) is 35.8 Å². The second kappa shape index (κ2) is 11.0. The molecule has 2 rings (SSSR count). The molecule has 0 aliphatic rings. The lowest BCUT2D eigenvalue weighted by Crippen LogP contribution is -2.42. The number of hydrogen-bond donors (Lipinski definition) is 2. The molecule has 6 nitrogen and oxygen atoms in total. The quantitative estimate of drug-likeness (QED) is 0.525. The predicted octanol–water partition coefficient (Wildman–Crippen LogP) is 3.50. The molecule has 1 aromatic heterocycles. The van der Waals surface area contributed by atoms with Crippen LogP contribution in [-0.2, 0) is 20.7 Å². The lowest BCUT2D eigenvalue weighted by atomic mass is 10.0. The molecule has 2 aromatic rings. The monoisotopic (exact) mass is 400 g/mol. The smallest absolute Gasteiger partial charge is 0.331 e. The molecule has 0 atom stereocenters. The van der Waals surface area contributed by atoms with Crippen LogP contribution >= 0.6 is 11.3 Å². The Bertz CT molecular complexity index is 811. The number of carbonyl (C=O) groups is 3. The second-order valence-electron chi connectivity index (χ2n) is 6.40. The molecule has 3 amide bonds. The van der Waals surface area contributed by atoms with Crippen molar-refractivity contribution in [1.29, 1.82) is 0 Å². The minimum atomic E-state index is -0.684. The van der Waals surface area contributed by atoms with Gasteiger partial charge >= 0.3 is 12.0 Å². The summed E-state index contributed by atoms with van der Waals surface area (Å²) in [6.45, 7) is 4.11. The third-order valence-corrected chi connectivity index (χ3v) is 4.79. The first kappa shape index (κ1) is 21.4. The van der Waals surface area contributed by atoms with E-state index in [-0.39, 0.29) is 0 Å². The highest BCUT2D eigenvalue weighted by Crippen LogP contribution is 2.15. The minimum absolute atomic E-state index is 0.414. The van der Waals surface area contributed by atoms with E-state index in [1.165, 1.54) is 11.6 Å². The van der Waals surface area contributed by atoms with Crippen LogP contribution in [0.4, 0.5) is 4.79 Å². The van der Waals surface area contributed by atoms with Crippen molar-refractivity contribution in [2.75, 3.05) is 13.2 Å². The normalized spacial score (nSPS) is 10.8. The highest BCUT2D eigenvalue weighted by atomic mass is 32.1. The summed E-state index contributed by atoms with van der Waals surface area (Å²) in [6.07, 6.45) is 3.55. The second-order valence-corrected chi connectivity index (χ2v) is 7.43. The Morgan fingerprint density at radius 2 is 1.89 bits per heavy atom. The third kappa shape index (κ3) is 7.75. The van der Waals surface area contributed by atoms with Gasteiger partial charge in [-0.15, -0.1) is 11.3 Å². The molecular weight excluding hydrogens is 376 g/mol. The van der Waals surface area contributed by atoms with Crippen LogP contribution in [0.3, 0.4) is 0 Å². The number of esters is 1. The van der Waals surface area contributed by atoms with Gasteiger partial charge < -0.3 is 10.1 Å². The number of imide groups is 1. The van der Waals surface area contributed by atoms with E-state index in [1.54, 1.807) is 17.4 Å². The van der Waals surface area contributed by atoms with Crippen molar-refractivity contribution in [2.45, 2.75) is 26.2 Å². The fourth-order valence-electron chi connectivity index (χ4n) is 2.30. The van der Waals surface area contributed by atoms with Crippen LogP contribution in [0.2, 0.25) is 0 Å².